The van der Waals surface area contributed by atoms with Crippen molar-refractivity contribution in [1.29, 1.82) is 0 Å². The number of ether oxygens (including phenoxy) is 1. The highest BCUT2D eigenvalue weighted by molar-refractivity contribution is 6.99. The molecule has 1 N–H and O–H groups in total. The first kappa shape index (κ1) is 25.7. The summed E-state index contributed by atoms with van der Waals surface area (Å²) in [6.45, 7) is 13.6. The molecule has 0 bridgehead atoms. The first-order valence-electron chi connectivity index (χ1n) is 12.2. The Kier molecular flexibility index (Phi) is 8.20. The smallest absolute Gasteiger partial charge is 0.308 e. The first-order valence-corrected chi connectivity index (χ1v) is 14.1. The van der Waals surface area contributed by atoms with Crippen LogP contribution in [0.1, 0.15) is 54.4 Å². The topological polar surface area (TPSA) is 55.8 Å². The number of hydrogen-bond acceptors (Lipinski definition) is 3. The van der Waals surface area contributed by atoms with Crippen molar-refractivity contribution >= 4 is 24.7 Å². The summed E-state index contributed by atoms with van der Waals surface area (Å²) in [5.74, 6) is -0.750. The van der Waals surface area contributed by atoms with E-state index in [4.69, 9.17) is 9.16 Å². The van der Waals surface area contributed by atoms with Crippen molar-refractivity contribution < 1.29 is 19.1 Å². The van der Waals surface area contributed by atoms with E-state index in [1.807, 2.05) is 0 Å². The summed E-state index contributed by atoms with van der Waals surface area (Å²) in [6, 6.07) is 21.3. The molecule has 0 saturated carbocycles. The zero-order valence-corrected chi connectivity index (χ0v) is 22.0. The van der Waals surface area contributed by atoms with Crippen LogP contribution in [0, 0.1) is 17.8 Å². The minimum absolute atomic E-state index is 0.0104. The molecule has 3 rings (SSSR count). The molecule has 1 aliphatic rings. The van der Waals surface area contributed by atoms with Gasteiger partial charge in [-0.1, -0.05) is 95.3 Å². The molecule has 1 saturated heterocycles. The molecule has 0 aromatic heterocycles. The summed E-state index contributed by atoms with van der Waals surface area (Å²) in [4.78, 5) is 11.5. The van der Waals surface area contributed by atoms with E-state index in [1.165, 1.54) is 10.4 Å². The summed E-state index contributed by atoms with van der Waals surface area (Å²) in [7, 11) is -2.60. The third-order valence-corrected chi connectivity index (χ3v) is 12.3. The second-order valence-corrected chi connectivity index (χ2v) is 15.1. The maximum absolute atomic E-state index is 11.5. The first-order chi connectivity index (χ1) is 15.6. The van der Waals surface area contributed by atoms with E-state index in [0.717, 1.165) is 12.8 Å². The summed E-state index contributed by atoms with van der Waals surface area (Å²) >= 11 is 0. The van der Waals surface area contributed by atoms with Gasteiger partial charge in [-0.2, -0.15) is 0 Å². The molecule has 5 atom stereocenters. The molecule has 1 heterocycles. The third kappa shape index (κ3) is 5.42. The number of carbonyl (C=O) groups is 1. The zero-order valence-electron chi connectivity index (χ0n) is 21.0. The highest BCUT2D eigenvalue weighted by Crippen LogP contribution is 2.38. The fourth-order valence-electron chi connectivity index (χ4n) is 5.33. The molecule has 1 aliphatic heterocycles. The van der Waals surface area contributed by atoms with Gasteiger partial charge in [0.2, 0.25) is 0 Å². The number of rotatable bonds is 8. The van der Waals surface area contributed by atoms with Crippen LogP contribution in [0.5, 0.6) is 0 Å². The van der Waals surface area contributed by atoms with Crippen LogP contribution in [-0.2, 0) is 14.0 Å². The van der Waals surface area contributed by atoms with Gasteiger partial charge >= 0.3 is 5.97 Å². The minimum atomic E-state index is -2.60. The predicted molar refractivity (Wildman–Crippen MR) is 137 cm³/mol. The fourth-order valence-corrected chi connectivity index (χ4v) is 10.00. The van der Waals surface area contributed by atoms with Crippen LogP contribution in [0.4, 0.5) is 0 Å². The largest absolute Gasteiger partial charge is 0.481 e. The highest BCUT2D eigenvalue weighted by Gasteiger charge is 2.50. The Hall–Kier alpha value is -1.95. The van der Waals surface area contributed by atoms with Gasteiger partial charge in [0.25, 0.3) is 8.32 Å². The Morgan fingerprint density at radius 3 is 2.00 bits per heavy atom. The minimum Gasteiger partial charge on any atom is -0.481 e. The lowest BCUT2D eigenvalue weighted by molar-refractivity contribution is -0.160. The van der Waals surface area contributed by atoms with Crippen LogP contribution in [0.25, 0.3) is 0 Å². The Labute approximate surface area is 200 Å². The van der Waals surface area contributed by atoms with Crippen molar-refractivity contribution in [2.45, 2.75) is 71.6 Å². The van der Waals surface area contributed by atoms with Crippen molar-refractivity contribution in [3.05, 3.63) is 60.7 Å². The van der Waals surface area contributed by atoms with Crippen LogP contribution in [-0.4, -0.2) is 38.2 Å². The summed E-state index contributed by atoms with van der Waals surface area (Å²) in [5.41, 5.74) is 0. The van der Waals surface area contributed by atoms with Gasteiger partial charge in [-0.25, -0.2) is 0 Å². The lowest BCUT2D eigenvalue weighted by atomic mass is 9.84. The van der Waals surface area contributed by atoms with E-state index in [2.05, 4.69) is 95.3 Å². The quantitative estimate of drug-likeness (QED) is 0.548. The van der Waals surface area contributed by atoms with Gasteiger partial charge in [-0.05, 0) is 41.1 Å². The van der Waals surface area contributed by atoms with Crippen LogP contribution < -0.4 is 10.4 Å². The van der Waals surface area contributed by atoms with Gasteiger partial charge in [0.1, 0.15) is 0 Å². The molecule has 0 unspecified atom stereocenters. The number of carboxylic acids is 1. The van der Waals surface area contributed by atoms with Gasteiger partial charge in [-0.3, -0.25) is 4.79 Å². The molecule has 5 heteroatoms. The van der Waals surface area contributed by atoms with Gasteiger partial charge in [0, 0.05) is 12.5 Å². The summed E-state index contributed by atoms with van der Waals surface area (Å²) in [5, 5.41) is 11.9. The predicted octanol–water partition coefficient (Wildman–Crippen LogP) is 5.10. The molecule has 4 nitrogen and oxygen atoms in total. The Bertz CT molecular complexity index is 854. The molecule has 0 aliphatic carbocycles. The standard InChI is InChI=1S/C28H40O4Si/c1-20-17-18-25(22(3)27(29)30)32-26(20)21(2)19-31-33(28(4,5)6,23-13-9-7-10-14-23)24-15-11-8-12-16-24/h7-16,20-22,25-26H,17-19H2,1-6H3,(H,29,30)/t20-,21-,22-,25-,26-/m0/s1. The maximum atomic E-state index is 11.5. The lowest BCUT2D eigenvalue weighted by Gasteiger charge is -2.45. The molecular weight excluding hydrogens is 428 g/mol. The normalized spacial score (nSPS) is 23.6. The van der Waals surface area contributed by atoms with Crippen LogP contribution in [0.3, 0.4) is 0 Å². The number of hydrogen-bond donors (Lipinski definition) is 1. The molecule has 0 spiro atoms. The zero-order chi connectivity index (χ0) is 24.2. The average molecular weight is 469 g/mol. The van der Waals surface area contributed by atoms with Gasteiger partial charge in [-0.15, -0.1) is 0 Å². The van der Waals surface area contributed by atoms with Crippen molar-refractivity contribution in [3.8, 4) is 0 Å². The molecule has 0 amide bonds. The second-order valence-electron chi connectivity index (χ2n) is 10.8. The van der Waals surface area contributed by atoms with Gasteiger partial charge in [0.15, 0.2) is 0 Å². The lowest BCUT2D eigenvalue weighted by Crippen LogP contribution is -2.67. The Morgan fingerprint density at radius 2 is 1.55 bits per heavy atom. The maximum Gasteiger partial charge on any atom is 0.308 e. The van der Waals surface area contributed by atoms with Crippen LogP contribution in [0.15, 0.2) is 60.7 Å². The number of benzene rings is 2. The van der Waals surface area contributed by atoms with Crippen molar-refractivity contribution in [2.24, 2.45) is 17.8 Å². The molecule has 0 radical (unpaired) electrons. The van der Waals surface area contributed by atoms with Crippen molar-refractivity contribution in [1.82, 2.24) is 0 Å². The van der Waals surface area contributed by atoms with Crippen LogP contribution in [0.2, 0.25) is 5.04 Å². The summed E-state index contributed by atoms with van der Waals surface area (Å²) < 4.78 is 13.5. The van der Waals surface area contributed by atoms with E-state index in [-0.39, 0.29) is 23.2 Å². The number of aliphatic carboxylic acids is 1. The van der Waals surface area contributed by atoms with Gasteiger partial charge < -0.3 is 14.3 Å². The van der Waals surface area contributed by atoms with E-state index < -0.39 is 20.2 Å². The second kappa shape index (κ2) is 10.5. The Morgan fingerprint density at radius 1 is 1.03 bits per heavy atom. The van der Waals surface area contributed by atoms with Crippen molar-refractivity contribution in [2.75, 3.05) is 6.61 Å². The fraction of sp³-hybridized carbons (Fsp3) is 0.536. The number of carboxylic acid groups (broad SMARTS) is 1. The van der Waals surface area contributed by atoms with E-state index in [1.54, 1.807) is 6.92 Å². The molecular formula is C28H40O4Si. The van der Waals surface area contributed by atoms with E-state index >= 15 is 0 Å². The monoisotopic (exact) mass is 468 g/mol. The third-order valence-electron chi connectivity index (χ3n) is 7.29. The summed E-state index contributed by atoms with van der Waals surface area (Å²) in [6.07, 6.45) is 1.53. The molecule has 180 valence electrons. The molecule has 33 heavy (non-hydrogen) atoms. The van der Waals surface area contributed by atoms with Crippen LogP contribution >= 0.6 is 0 Å². The van der Waals surface area contributed by atoms with Crippen molar-refractivity contribution in [3.63, 3.8) is 0 Å². The Balaban J connectivity index is 1.90. The van der Waals surface area contributed by atoms with Gasteiger partial charge in [0.05, 0.1) is 18.1 Å². The highest BCUT2D eigenvalue weighted by atomic mass is 28.4. The molecule has 2 aromatic carbocycles. The average Bonchev–Trinajstić information content (AvgIpc) is 2.79. The molecule has 1 fully saturated rings. The molecule has 2 aromatic rings. The van der Waals surface area contributed by atoms with E-state index in [9.17, 15) is 9.90 Å². The SMILES string of the molecule is C[C@H](C(=O)O)[C@@H]1CC[C@H](C)[C@@H]([C@@H](C)CO[Si](c2ccccc2)(c2ccccc2)C(C)(C)C)O1. The van der Waals surface area contributed by atoms with E-state index in [0.29, 0.717) is 12.5 Å².